The van der Waals surface area contributed by atoms with Crippen molar-refractivity contribution in [3.8, 4) is 0 Å². The van der Waals surface area contributed by atoms with Crippen LogP contribution in [-0.2, 0) is 14.3 Å². The van der Waals surface area contributed by atoms with Gasteiger partial charge in [0.15, 0.2) is 0 Å². The Kier molecular flexibility index (Phi) is 6.96. The number of amides is 1. The van der Waals surface area contributed by atoms with E-state index in [2.05, 4.69) is 10.1 Å². The normalized spacial score (nSPS) is 16.0. The molecule has 4 nitrogen and oxygen atoms in total. The molecule has 0 aliphatic carbocycles. The molecule has 0 spiro atoms. The van der Waals surface area contributed by atoms with Crippen LogP contribution in [-0.4, -0.2) is 25.5 Å². The van der Waals surface area contributed by atoms with Crippen molar-refractivity contribution >= 4 is 11.9 Å². The van der Waals surface area contributed by atoms with E-state index in [9.17, 15) is 9.59 Å². The second-order valence-corrected chi connectivity index (χ2v) is 2.86. The lowest BCUT2D eigenvalue weighted by molar-refractivity contribution is -0.137. The van der Waals surface area contributed by atoms with Gasteiger partial charge in [-0.3, -0.25) is 9.59 Å². The van der Waals surface area contributed by atoms with Gasteiger partial charge >= 0.3 is 5.97 Å². The molecule has 1 heterocycles. The largest absolute Gasteiger partial charge is 0.469 e. The number of carbonyl (C=O) groups is 2. The van der Waals surface area contributed by atoms with Gasteiger partial charge in [-0.25, -0.2) is 0 Å². The van der Waals surface area contributed by atoms with Crippen molar-refractivity contribution in [3.05, 3.63) is 0 Å². The molecule has 0 bridgehead atoms. The lowest BCUT2D eigenvalue weighted by atomic mass is 10.2. The van der Waals surface area contributed by atoms with Crippen LogP contribution in [0.5, 0.6) is 0 Å². The third-order valence-electron chi connectivity index (χ3n) is 1.69. The summed E-state index contributed by atoms with van der Waals surface area (Å²) in [4.78, 5) is 20.2. The zero-order valence-corrected chi connectivity index (χ0v) is 8.26. The summed E-state index contributed by atoms with van der Waals surface area (Å²) in [5.74, 6) is -0.0208. The molecular weight excluding hydrogens is 170 g/mol. The molecule has 4 heteroatoms. The minimum absolute atomic E-state index is 0.225. The summed E-state index contributed by atoms with van der Waals surface area (Å²) in [5, 5.41) is 2.81. The molecule has 1 amide bonds. The standard InChI is InChI=1S/C6H11NO.C3H6O2/c8-6-4-2-1-3-5-7-6;1-3(4)5-2/h1-5H2,(H,7,8);1-2H3. The van der Waals surface area contributed by atoms with E-state index >= 15 is 0 Å². The van der Waals surface area contributed by atoms with Crippen LogP contribution in [0.15, 0.2) is 0 Å². The van der Waals surface area contributed by atoms with Crippen molar-refractivity contribution in [2.45, 2.75) is 32.6 Å². The average molecular weight is 187 g/mol. The molecule has 0 aromatic carbocycles. The van der Waals surface area contributed by atoms with Crippen molar-refractivity contribution in [2.24, 2.45) is 0 Å². The van der Waals surface area contributed by atoms with Crippen LogP contribution >= 0.6 is 0 Å². The van der Waals surface area contributed by atoms with Gasteiger partial charge in [0.05, 0.1) is 7.11 Å². The summed E-state index contributed by atoms with van der Waals surface area (Å²) >= 11 is 0. The van der Waals surface area contributed by atoms with Crippen molar-refractivity contribution < 1.29 is 14.3 Å². The van der Waals surface area contributed by atoms with E-state index in [1.165, 1.54) is 20.5 Å². The number of methoxy groups -OCH3 is 1. The van der Waals surface area contributed by atoms with Crippen molar-refractivity contribution in [1.82, 2.24) is 5.32 Å². The first-order valence-corrected chi connectivity index (χ1v) is 4.48. The minimum Gasteiger partial charge on any atom is -0.469 e. The smallest absolute Gasteiger partial charge is 0.302 e. The monoisotopic (exact) mass is 187 g/mol. The minimum atomic E-state index is -0.245. The number of hydrogen-bond donors (Lipinski definition) is 1. The molecule has 1 fully saturated rings. The summed E-state index contributed by atoms with van der Waals surface area (Å²) in [6.45, 7) is 2.25. The average Bonchev–Trinajstić information content (AvgIpc) is 2.33. The van der Waals surface area contributed by atoms with Crippen LogP contribution in [0.2, 0.25) is 0 Å². The highest BCUT2D eigenvalue weighted by Crippen LogP contribution is 2.02. The fourth-order valence-electron chi connectivity index (χ4n) is 0.904. The number of hydrogen-bond acceptors (Lipinski definition) is 3. The molecule has 0 atom stereocenters. The van der Waals surface area contributed by atoms with E-state index in [0.29, 0.717) is 0 Å². The number of ether oxygens (including phenoxy) is 1. The molecule has 1 N–H and O–H groups in total. The first-order chi connectivity index (χ1) is 6.16. The Morgan fingerprint density at radius 1 is 1.38 bits per heavy atom. The second-order valence-electron chi connectivity index (χ2n) is 2.86. The van der Waals surface area contributed by atoms with Crippen molar-refractivity contribution in [3.63, 3.8) is 0 Å². The fraction of sp³-hybridized carbons (Fsp3) is 0.778. The van der Waals surface area contributed by atoms with Gasteiger partial charge in [-0.15, -0.1) is 0 Å². The number of rotatable bonds is 0. The predicted octanol–water partition coefficient (Wildman–Crippen LogP) is 0.856. The van der Waals surface area contributed by atoms with Gasteiger partial charge in [0.1, 0.15) is 0 Å². The van der Waals surface area contributed by atoms with Gasteiger partial charge in [0.25, 0.3) is 0 Å². The summed E-state index contributed by atoms with van der Waals surface area (Å²) in [5.41, 5.74) is 0. The molecule has 1 rings (SSSR count). The summed E-state index contributed by atoms with van der Waals surface area (Å²) in [6.07, 6.45) is 4.18. The van der Waals surface area contributed by atoms with Gasteiger partial charge in [-0.05, 0) is 12.8 Å². The Balaban J connectivity index is 0.000000252. The van der Waals surface area contributed by atoms with Crippen molar-refractivity contribution in [1.29, 1.82) is 0 Å². The zero-order chi connectivity index (χ0) is 10.1. The van der Waals surface area contributed by atoms with E-state index in [4.69, 9.17) is 0 Å². The van der Waals surface area contributed by atoms with Crippen LogP contribution in [0.1, 0.15) is 32.6 Å². The van der Waals surface area contributed by atoms with Crippen LogP contribution in [0.25, 0.3) is 0 Å². The molecule has 1 aliphatic heterocycles. The maximum Gasteiger partial charge on any atom is 0.302 e. The van der Waals surface area contributed by atoms with E-state index in [0.717, 1.165) is 25.8 Å². The molecule has 0 aromatic heterocycles. The fourth-order valence-corrected chi connectivity index (χ4v) is 0.904. The topological polar surface area (TPSA) is 55.4 Å². The molecule has 0 unspecified atom stereocenters. The van der Waals surface area contributed by atoms with Crippen LogP contribution < -0.4 is 5.32 Å². The van der Waals surface area contributed by atoms with Crippen molar-refractivity contribution in [2.75, 3.05) is 13.7 Å². The highest BCUT2D eigenvalue weighted by Gasteiger charge is 2.03. The Labute approximate surface area is 78.6 Å². The zero-order valence-electron chi connectivity index (χ0n) is 8.26. The highest BCUT2D eigenvalue weighted by molar-refractivity contribution is 5.75. The molecular formula is C9H17NO3. The quantitative estimate of drug-likeness (QED) is 0.572. The van der Waals surface area contributed by atoms with E-state index in [1.54, 1.807) is 0 Å². The molecule has 0 saturated carbocycles. The SMILES string of the molecule is COC(C)=O.O=C1CCCCCN1. The first-order valence-electron chi connectivity index (χ1n) is 4.48. The molecule has 1 saturated heterocycles. The lowest BCUT2D eigenvalue weighted by Gasteiger charge is -1.93. The Hall–Kier alpha value is -1.06. The Morgan fingerprint density at radius 2 is 2.00 bits per heavy atom. The maximum atomic E-state index is 10.6. The second kappa shape index (κ2) is 7.58. The maximum absolute atomic E-state index is 10.6. The van der Waals surface area contributed by atoms with Gasteiger partial charge < -0.3 is 10.1 Å². The number of esters is 1. The molecule has 76 valence electrons. The summed E-state index contributed by atoms with van der Waals surface area (Å²) < 4.78 is 4.11. The van der Waals surface area contributed by atoms with E-state index in [-0.39, 0.29) is 11.9 Å². The summed E-state index contributed by atoms with van der Waals surface area (Å²) in [7, 11) is 1.35. The molecule has 0 aromatic rings. The van der Waals surface area contributed by atoms with Gasteiger partial charge in [-0.2, -0.15) is 0 Å². The van der Waals surface area contributed by atoms with E-state index < -0.39 is 0 Å². The Bertz CT molecular complexity index is 158. The van der Waals surface area contributed by atoms with Crippen LogP contribution in [0.4, 0.5) is 0 Å². The highest BCUT2D eigenvalue weighted by atomic mass is 16.5. The Morgan fingerprint density at radius 3 is 2.54 bits per heavy atom. The number of nitrogens with one attached hydrogen (secondary N) is 1. The first kappa shape index (κ1) is 11.9. The van der Waals surface area contributed by atoms with Crippen LogP contribution in [0, 0.1) is 0 Å². The third-order valence-corrected chi connectivity index (χ3v) is 1.69. The number of carbonyl (C=O) groups excluding carboxylic acids is 2. The molecule has 0 radical (unpaired) electrons. The van der Waals surface area contributed by atoms with Crippen LogP contribution in [0.3, 0.4) is 0 Å². The van der Waals surface area contributed by atoms with Gasteiger partial charge in [0.2, 0.25) is 5.91 Å². The third kappa shape index (κ3) is 8.85. The van der Waals surface area contributed by atoms with E-state index in [1.807, 2.05) is 0 Å². The summed E-state index contributed by atoms with van der Waals surface area (Å²) in [6, 6.07) is 0. The molecule has 13 heavy (non-hydrogen) atoms. The molecule has 1 aliphatic rings. The van der Waals surface area contributed by atoms with Gasteiger partial charge in [0, 0.05) is 19.9 Å². The lowest BCUT2D eigenvalue weighted by Crippen LogP contribution is -2.21. The predicted molar refractivity (Wildman–Crippen MR) is 49.2 cm³/mol. The van der Waals surface area contributed by atoms with Gasteiger partial charge in [-0.1, -0.05) is 6.42 Å².